The Labute approximate surface area is 277 Å². The molecule has 1 aromatic carbocycles. The monoisotopic (exact) mass is 676 g/mol. The van der Waals surface area contributed by atoms with Gasteiger partial charge in [-0.15, -0.1) is 11.3 Å². The van der Waals surface area contributed by atoms with Gasteiger partial charge >= 0.3 is 12.1 Å². The van der Waals surface area contributed by atoms with Gasteiger partial charge in [0, 0.05) is 54.3 Å². The highest BCUT2D eigenvalue weighted by Gasteiger charge is 2.46. The molecule has 3 aromatic rings. The molecule has 47 heavy (non-hydrogen) atoms. The second-order valence-corrected chi connectivity index (χ2v) is 14.3. The van der Waals surface area contributed by atoms with Crippen LogP contribution in [0.1, 0.15) is 82.5 Å². The Balaban J connectivity index is 0.000000644. The van der Waals surface area contributed by atoms with E-state index in [0.717, 1.165) is 53.8 Å². The van der Waals surface area contributed by atoms with Crippen molar-refractivity contribution in [2.75, 3.05) is 6.54 Å². The van der Waals surface area contributed by atoms with E-state index in [4.69, 9.17) is 19.6 Å². The summed E-state index contributed by atoms with van der Waals surface area (Å²) in [6, 6.07) is 10.0. The van der Waals surface area contributed by atoms with Crippen LogP contribution in [-0.2, 0) is 22.4 Å². The van der Waals surface area contributed by atoms with Crippen LogP contribution in [0.15, 0.2) is 48.1 Å². The van der Waals surface area contributed by atoms with Crippen molar-refractivity contribution in [2.45, 2.75) is 103 Å². The number of aromatic nitrogens is 2. The van der Waals surface area contributed by atoms with Crippen LogP contribution < -0.4 is 15.4 Å². The van der Waals surface area contributed by atoms with Crippen molar-refractivity contribution in [3.05, 3.63) is 64.8 Å². The molecular weight excluding hydrogens is 633 g/mol. The lowest BCUT2D eigenvalue weighted by Crippen LogP contribution is -2.52. The van der Waals surface area contributed by atoms with Gasteiger partial charge in [-0.05, 0) is 60.8 Å². The molecule has 2 aromatic heterocycles. The van der Waals surface area contributed by atoms with Crippen LogP contribution >= 0.6 is 11.3 Å². The molecule has 1 spiro atoms. The highest BCUT2D eigenvalue weighted by molar-refractivity contribution is 7.13. The number of carboxylic acids is 1. The van der Waals surface area contributed by atoms with Gasteiger partial charge in [0.1, 0.15) is 10.6 Å². The normalized spacial score (nSPS) is 18.1. The number of hydrogen-bond acceptors (Lipinski definition) is 8. The van der Waals surface area contributed by atoms with Crippen LogP contribution in [0.3, 0.4) is 0 Å². The minimum atomic E-state index is -5.08. The van der Waals surface area contributed by atoms with E-state index in [1.807, 2.05) is 36.7 Å². The number of halogens is 3. The summed E-state index contributed by atoms with van der Waals surface area (Å²) in [5, 5.41) is 28.2. The maximum Gasteiger partial charge on any atom is 0.490 e. The topological polar surface area (TPSA) is 134 Å². The van der Waals surface area contributed by atoms with Gasteiger partial charge in [0.2, 0.25) is 11.8 Å². The molecular formula is C34H43F3N4O5S. The number of carboxylic acid groups (broad SMARTS) is 1. The summed E-state index contributed by atoms with van der Waals surface area (Å²) in [6.45, 7) is 8.88. The zero-order chi connectivity index (χ0) is 34.4. The third-order valence-electron chi connectivity index (χ3n) is 8.21. The standard InChI is InChI=1S/C32H42N4O3S.C2HF3O2/c1-5-28(38)36-25(16-21-8-6-9-23(14-21)30-33-12-13-40-30)27(37)20-34-26-18-32(10-7-11-32)39-29-24(26)15-22(19-35-29)17-31(2,3)4;3-2(4,5)1(6)7/h6,8-9,12-15,19,25-27,34,37H,5,7,10-11,16-18,20H2,1-4H3,(H,36,38);(H,6,7)/t25-,26-,27+;/m0./s1. The lowest BCUT2D eigenvalue weighted by Gasteiger charge is -2.47. The Morgan fingerprint density at radius 3 is 2.45 bits per heavy atom. The quantitative estimate of drug-likeness (QED) is 0.198. The molecule has 13 heteroatoms. The van der Waals surface area contributed by atoms with Gasteiger partial charge in [-0.2, -0.15) is 13.2 Å². The van der Waals surface area contributed by atoms with Crippen LogP contribution in [-0.4, -0.2) is 62.5 Å². The Bertz CT molecular complexity index is 1510. The van der Waals surface area contributed by atoms with E-state index in [9.17, 15) is 23.1 Å². The van der Waals surface area contributed by atoms with Crippen molar-refractivity contribution in [1.29, 1.82) is 0 Å². The van der Waals surface area contributed by atoms with E-state index in [2.05, 4.69) is 48.5 Å². The first-order chi connectivity index (χ1) is 22.1. The number of nitrogens with one attached hydrogen (secondary N) is 2. The molecule has 1 aliphatic carbocycles. The number of hydrogen-bond donors (Lipinski definition) is 4. The lowest BCUT2D eigenvalue weighted by atomic mass is 9.73. The van der Waals surface area contributed by atoms with E-state index in [1.165, 1.54) is 5.56 Å². The molecule has 2 aliphatic rings. The first kappa shape index (κ1) is 36.3. The van der Waals surface area contributed by atoms with Gasteiger partial charge in [0.25, 0.3) is 0 Å². The fraction of sp³-hybridized carbons (Fsp3) is 0.529. The molecule has 4 N–H and O–H groups in total. The van der Waals surface area contributed by atoms with E-state index in [-0.39, 0.29) is 23.0 Å². The molecule has 256 valence electrons. The number of aliphatic carboxylic acids is 1. The van der Waals surface area contributed by atoms with Crippen molar-refractivity contribution in [3.63, 3.8) is 0 Å². The molecule has 0 bridgehead atoms. The number of carbonyl (C=O) groups is 2. The van der Waals surface area contributed by atoms with Gasteiger partial charge < -0.3 is 25.6 Å². The van der Waals surface area contributed by atoms with E-state index in [0.29, 0.717) is 25.3 Å². The second kappa shape index (κ2) is 15.1. The predicted molar refractivity (Wildman–Crippen MR) is 173 cm³/mol. The van der Waals surface area contributed by atoms with Gasteiger partial charge in [0.15, 0.2) is 0 Å². The van der Waals surface area contributed by atoms with Crippen LogP contribution in [0.25, 0.3) is 10.6 Å². The summed E-state index contributed by atoms with van der Waals surface area (Å²) < 4.78 is 38.2. The van der Waals surface area contributed by atoms with Gasteiger partial charge in [-0.1, -0.05) is 45.9 Å². The number of nitrogens with zero attached hydrogens (tertiary/aromatic N) is 2. The number of thiazole rings is 1. The predicted octanol–water partition coefficient (Wildman–Crippen LogP) is 6.26. The number of aliphatic hydroxyl groups excluding tert-OH is 1. The van der Waals surface area contributed by atoms with E-state index < -0.39 is 24.3 Å². The molecule has 0 unspecified atom stereocenters. The second-order valence-electron chi connectivity index (χ2n) is 13.4. The number of amides is 1. The number of aliphatic hydroxyl groups is 1. The summed E-state index contributed by atoms with van der Waals surface area (Å²) in [4.78, 5) is 30.5. The summed E-state index contributed by atoms with van der Waals surface area (Å²) in [5.74, 6) is -2.11. The Kier molecular flexibility index (Phi) is 11.7. The zero-order valence-electron chi connectivity index (χ0n) is 27.1. The maximum atomic E-state index is 12.4. The molecule has 3 atom stereocenters. The van der Waals surface area contributed by atoms with Crippen molar-refractivity contribution in [1.82, 2.24) is 20.6 Å². The summed E-state index contributed by atoms with van der Waals surface area (Å²) >= 11 is 1.60. The molecule has 0 saturated heterocycles. The SMILES string of the molecule is CCC(=O)N[C@@H](Cc1cccc(-c2nccs2)c1)[C@H](O)CN[C@H]1CC2(CCC2)Oc2ncc(CC(C)(C)C)cc21.O=C(O)C(F)(F)F. The number of alkyl halides is 3. The average Bonchev–Trinajstić information content (AvgIpc) is 3.53. The van der Waals surface area contributed by atoms with Crippen LogP contribution in [0, 0.1) is 5.41 Å². The summed E-state index contributed by atoms with van der Waals surface area (Å²) in [7, 11) is 0. The third kappa shape index (κ3) is 10.2. The minimum Gasteiger partial charge on any atom is -0.475 e. The summed E-state index contributed by atoms with van der Waals surface area (Å²) in [5.41, 5.74) is 4.34. The maximum absolute atomic E-state index is 12.4. The molecule has 1 amide bonds. The first-order valence-corrected chi connectivity index (χ1v) is 16.6. The molecule has 1 fully saturated rings. The smallest absolute Gasteiger partial charge is 0.475 e. The van der Waals surface area contributed by atoms with Crippen molar-refractivity contribution in [3.8, 4) is 16.5 Å². The first-order valence-electron chi connectivity index (χ1n) is 15.7. The number of fused-ring (bicyclic) bond motifs is 1. The Morgan fingerprint density at radius 1 is 1.15 bits per heavy atom. The van der Waals surface area contributed by atoms with Crippen LogP contribution in [0.4, 0.5) is 13.2 Å². The third-order valence-corrected chi connectivity index (χ3v) is 9.03. The van der Waals surface area contributed by atoms with Crippen LogP contribution in [0.2, 0.25) is 0 Å². The fourth-order valence-electron chi connectivity index (χ4n) is 5.80. The number of rotatable bonds is 10. The molecule has 1 aliphatic heterocycles. The highest BCUT2D eigenvalue weighted by atomic mass is 32.1. The fourth-order valence-corrected chi connectivity index (χ4v) is 6.43. The van der Waals surface area contributed by atoms with Crippen molar-refractivity contribution >= 4 is 23.2 Å². The Morgan fingerprint density at radius 2 is 1.87 bits per heavy atom. The van der Waals surface area contributed by atoms with Crippen LogP contribution in [0.5, 0.6) is 5.88 Å². The molecule has 0 radical (unpaired) electrons. The van der Waals surface area contributed by atoms with E-state index in [1.54, 1.807) is 17.5 Å². The molecule has 1 saturated carbocycles. The molecule has 5 rings (SSSR count). The number of carbonyl (C=O) groups excluding carboxylic acids is 1. The van der Waals surface area contributed by atoms with Gasteiger partial charge in [-0.3, -0.25) is 4.79 Å². The van der Waals surface area contributed by atoms with Crippen molar-refractivity contribution in [2.24, 2.45) is 5.41 Å². The average molecular weight is 677 g/mol. The largest absolute Gasteiger partial charge is 0.490 e. The lowest BCUT2D eigenvalue weighted by molar-refractivity contribution is -0.192. The van der Waals surface area contributed by atoms with Gasteiger partial charge in [0.05, 0.1) is 12.1 Å². The number of ether oxygens (including phenoxy) is 1. The highest BCUT2D eigenvalue weighted by Crippen LogP contribution is 2.48. The van der Waals surface area contributed by atoms with Gasteiger partial charge in [-0.25, -0.2) is 14.8 Å². The Hall–Kier alpha value is -3.55. The molecule has 3 heterocycles. The minimum absolute atomic E-state index is 0.0295. The number of pyridine rings is 1. The van der Waals surface area contributed by atoms with E-state index >= 15 is 0 Å². The number of benzene rings is 1. The molecule has 9 nitrogen and oxygen atoms in total. The zero-order valence-corrected chi connectivity index (χ0v) is 27.9. The summed E-state index contributed by atoms with van der Waals surface area (Å²) in [6.07, 6.45) is 3.81. The van der Waals surface area contributed by atoms with Crippen molar-refractivity contribution < 1.29 is 37.7 Å².